The molecule has 0 aliphatic carbocycles. The van der Waals surface area contributed by atoms with Crippen LogP contribution in [0.4, 0.5) is 10.1 Å². The first-order valence-corrected chi connectivity index (χ1v) is 9.14. The number of benzene rings is 3. The Morgan fingerprint density at radius 3 is 2.79 bits per heavy atom. The molecule has 1 heterocycles. The molecule has 0 bridgehead atoms. The van der Waals surface area contributed by atoms with E-state index in [-0.39, 0.29) is 11.7 Å². The van der Waals surface area contributed by atoms with Gasteiger partial charge in [-0.1, -0.05) is 22.0 Å². The Kier molecular flexibility index (Phi) is 4.83. The summed E-state index contributed by atoms with van der Waals surface area (Å²) in [5.74, 6) is 0.0968. The second-order valence-corrected chi connectivity index (χ2v) is 6.93. The summed E-state index contributed by atoms with van der Waals surface area (Å²) in [5, 5.41) is 2.82. The Labute approximate surface area is 168 Å². The average molecular weight is 441 g/mol. The molecule has 0 spiro atoms. The van der Waals surface area contributed by atoms with Gasteiger partial charge < -0.3 is 14.5 Å². The highest BCUT2D eigenvalue weighted by molar-refractivity contribution is 9.10. The summed E-state index contributed by atoms with van der Waals surface area (Å²) >= 11 is 3.36. The molecular formula is C21H14BrFN2O3. The van der Waals surface area contributed by atoms with Gasteiger partial charge >= 0.3 is 0 Å². The van der Waals surface area contributed by atoms with E-state index in [4.69, 9.17) is 9.15 Å². The van der Waals surface area contributed by atoms with Crippen molar-refractivity contribution < 1.29 is 18.3 Å². The van der Waals surface area contributed by atoms with Crippen molar-refractivity contribution in [3.63, 3.8) is 0 Å². The van der Waals surface area contributed by atoms with Crippen LogP contribution in [0, 0.1) is 5.82 Å². The van der Waals surface area contributed by atoms with Crippen LogP contribution in [0.3, 0.4) is 0 Å². The molecule has 0 atom stereocenters. The number of hydrogen-bond acceptors (Lipinski definition) is 4. The maximum Gasteiger partial charge on any atom is 0.259 e. The van der Waals surface area contributed by atoms with E-state index < -0.39 is 0 Å². The molecule has 28 heavy (non-hydrogen) atoms. The number of ether oxygens (including phenoxy) is 1. The fourth-order valence-electron chi connectivity index (χ4n) is 2.80. The molecule has 0 radical (unpaired) electrons. The van der Waals surface area contributed by atoms with E-state index in [0.29, 0.717) is 39.6 Å². The first-order chi connectivity index (χ1) is 13.5. The van der Waals surface area contributed by atoms with Crippen LogP contribution >= 0.6 is 15.9 Å². The number of nitrogens with zero attached hydrogens (tertiary/aromatic N) is 1. The summed E-state index contributed by atoms with van der Waals surface area (Å²) in [6.07, 6.45) is 0. The highest BCUT2D eigenvalue weighted by Crippen LogP contribution is 2.28. The minimum atomic E-state index is -0.365. The molecular weight excluding hydrogens is 427 g/mol. The molecule has 0 unspecified atom stereocenters. The number of halogens is 2. The van der Waals surface area contributed by atoms with Crippen LogP contribution in [-0.2, 0) is 0 Å². The van der Waals surface area contributed by atoms with Crippen molar-refractivity contribution in [3.8, 4) is 17.2 Å². The number of amides is 1. The van der Waals surface area contributed by atoms with Crippen LogP contribution in [0.2, 0.25) is 0 Å². The molecule has 4 rings (SSSR count). The van der Waals surface area contributed by atoms with Crippen LogP contribution in [0.1, 0.15) is 10.4 Å². The molecule has 0 aliphatic rings. The Morgan fingerprint density at radius 2 is 2.00 bits per heavy atom. The Morgan fingerprint density at radius 1 is 1.14 bits per heavy atom. The van der Waals surface area contributed by atoms with Crippen LogP contribution in [-0.4, -0.2) is 18.0 Å². The molecule has 7 heteroatoms. The fourth-order valence-corrected chi connectivity index (χ4v) is 3.16. The number of carbonyl (C=O) groups is 1. The predicted molar refractivity (Wildman–Crippen MR) is 108 cm³/mol. The van der Waals surface area contributed by atoms with Gasteiger partial charge in [0.05, 0.1) is 12.7 Å². The van der Waals surface area contributed by atoms with Crippen molar-refractivity contribution >= 4 is 38.6 Å². The predicted octanol–water partition coefficient (Wildman–Crippen LogP) is 5.66. The number of fused-ring (bicyclic) bond motifs is 1. The summed E-state index contributed by atoms with van der Waals surface area (Å²) in [4.78, 5) is 17.0. The van der Waals surface area contributed by atoms with Gasteiger partial charge in [-0.05, 0) is 48.5 Å². The van der Waals surface area contributed by atoms with E-state index >= 15 is 0 Å². The maximum atomic E-state index is 13.4. The zero-order valence-electron chi connectivity index (χ0n) is 14.7. The summed E-state index contributed by atoms with van der Waals surface area (Å²) in [5.41, 5.74) is 2.58. The third kappa shape index (κ3) is 3.61. The normalized spacial score (nSPS) is 10.8. The van der Waals surface area contributed by atoms with E-state index in [1.165, 1.54) is 19.2 Å². The van der Waals surface area contributed by atoms with Crippen molar-refractivity contribution in [2.24, 2.45) is 0 Å². The fraction of sp³-hybridized carbons (Fsp3) is 0.0476. The number of anilines is 1. The van der Waals surface area contributed by atoms with Crippen LogP contribution in [0.5, 0.6) is 5.75 Å². The van der Waals surface area contributed by atoms with Gasteiger partial charge in [0.25, 0.3) is 5.91 Å². The van der Waals surface area contributed by atoms with Crippen molar-refractivity contribution in [3.05, 3.63) is 76.5 Å². The number of carbonyl (C=O) groups excluding carboxylic acids is 1. The minimum Gasteiger partial charge on any atom is -0.496 e. The van der Waals surface area contributed by atoms with Gasteiger partial charge in [0.1, 0.15) is 17.1 Å². The van der Waals surface area contributed by atoms with Crippen molar-refractivity contribution in [1.29, 1.82) is 0 Å². The van der Waals surface area contributed by atoms with Gasteiger partial charge in [-0.25, -0.2) is 9.37 Å². The molecule has 0 fully saturated rings. The lowest BCUT2D eigenvalue weighted by Gasteiger charge is -2.09. The monoisotopic (exact) mass is 440 g/mol. The van der Waals surface area contributed by atoms with E-state index in [2.05, 4.69) is 26.2 Å². The average Bonchev–Trinajstić information content (AvgIpc) is 3.11. The summed E-state index contributed by atoms with van der Waals surface area (Å²) in [6, 6.07) is 16.3. The van der Waals surface area contributed by atoms with Gasteiger partial charge in [0, 0.05) is 21.8 Å². The number of hydrogen-bond donors (Lipinski definition) is 1. The first-order valence-electron chi connectivity index (χ1n) is 8.35. The molecule has 1 aromatic heterocycles. The topological polar surface area (TPSA) is 64.4 Å². The molecule has 4 aromatic rings. The SMILES string of the molecule is COc1ccc(Br)cc1C(=O)Nc1ccc2nc(-c3cccc(F)c3)oc2c1. The van der Waals surface area contributed by atoms with Crippen molar-refractivity contribution in [2.45, 2.75) is 0 Å². The second kappa shape index (κ2) is 7.44. The third-order valence-electron chi connectivity index (χ3n) is 4.12. The summed E-state index contributed by atoms with van der Waals surface area (Å²) in [7, 11) is 1.51. The van der Waals surface area contributed by atoms with Crippen LogP contribution < -0.4 is 10.1 Å². The van der Waals surface area contributed by atoms with E-state index in [1.54, 1.807) is 48.5 Å². The first kappa shape index (κ1) is 18.2. The quantitative estimate of drug-likeness (QED) is 0.444. The van der Waals surface area contributed by atoms with E-state index in [9.17, 15) is 9.18 Å². The number of oxazole rings is 1. The second-order valence-electron chi connectivity index (χ2n) is 6.01. The summed E-state index contributed by atoms with van der Waals surface area (Å²) in [6.45, 7) is 0. The van der Waals surface area contributed by atoms with E-state index in [0.717, 1.165) is 4.47 Å². The third-order valence-corrected chi connectivity index (χ3v) is 4.62. The Hall–Kier alpha value is -3.19. The number of aromatic nitrogens is 1. The zero-order valence-corrected chi connectivity index (χ0v) is 16.3. The maximum absolute atomic E-state index is 13.4. The molecule has 1 amide bonds. The lowest BCUT2D eigenvalue weighted by Crippen LogP contribution is -2.13. The van der Waals surface area contributed by atoms with Gasteiger partial charge in [0.2, 0.25) is 5.89 Å². The number of rotatable bonds is 4. The smallest absolute Gasteiger partial charge is 0.259 e. The zero-order chi connectivity index (χ0) is 19.7. The van der Waals surface area contributed by atoms with Gasteiger partial charge in [-0.15, -0.1) is 0 Å². The van der Waals surface area contributed by atoms with Gasteiger partial charge in [0.15, 0.2) is 5.58 Å². The van der Waals surface area contributed by atoms with E-state index in [1.807, 2.05) is 0 Å². The number of nitrogens with one attached hydrogen (secondary N) is 1. The number of methoxy groups -OCH3 is 1. The lowest BCUT2D eigenvalue weighted by atomic mass is 10.2. The van der Waals surface area contributed by atoms with Crippen molar-refractivity contribution in [1.82, 2.24) is 4.98 Å². The molecule has 0 saturated carbocycles. The molecule has 0 saturated heterocycles. The van der Waals surface area contributed by atoms with Crippen molar-refractivity contribution in [2.75, 3.05) is 12.4 Å². The molecule has 0 aliphatic heterocycles. The Balaban J connectivity index is 1.63. The van der Waals surface area contributed by atoms with Crippen LogP contribution in [0.15, 0.2) is 69.6 Å². The molecule has 3 aromatic carbocycles. The van der Waals surface area contributed by atoms with Gasteiger partial charge in [-0.3, -0.25) is 4.79 Å². The summed E-state index contributed by atoms with van der Waals surface area (Å²) < 4.78 is 25.2. The Bertz CT molecular complexity index is 1190. The molecule has 1 N–H and O–H groups in total. The highest BCUT2D eigenvalue weighted by Gasteiger charge is 2.15. The highest BCUT2D eigenvalue weighted by atomic mass is 79.9. The standard InChI is InChI=1S/C21H14BrFN2O3/c1-27-18-8-5-13(22)10-16(18)20(26)24-15-6-7-17-19(11-15)28-21(25-17)12-3-2-4-14(23)9-12/h2-11H,1H3,(H,24,26). The molecule has 5 nitrogen and oxygen atoms in total. The lowest BCUT2D eigenvalue weighted by molar-refractivity contribution is 0.102. The minimum absolute atomic E-state index is 0.312. The largest absolute Gasteiger partial charge is 0.496 e. The molecule has 140 valence electrons. The van der Waals surface area contributed by atoms with Crippen LogP contribution in [0.25, 0.3) is 22.6 Å². The van der Waals surface area contributed by atoms with Gasteiger partial charge in [-0.2, -0.15) is 0 Å².